The average molecular weight is 356 g/mol. The Morgan fingerprint density at radius 3 is 2.71 bits per heavy atom. The molecular weight excluding hydrogens is 336 g/mol. The zero-order valence-electron chi connectivity index (χ0n) is 13.4. The minimum absolute atomic E-state index is 0.0657. The molecule has 1 amide bonds. The Balaban J connectivity index is 1.46. The van der Waals surface area contributed by atoms with Crippen molar-refractivity contribution in [2.24, 2.45) is 0 Å². The number of hydrogen-bond donors (Lipinski definition) is 1. The third-order valence-corrected chi connectivity index (χ3v) is 4.70. The van der Waals surface area contributed by atoms with Gasteiger partial charge in [0.2, 0.25) is 16.8 Å². The molecule has 1 fully saturated rings. The second-order valence-electron chi connectivity index (χ2n) is 5.85. The van der Waals surface area contributed by atoms with Gasteiger partial charge in [-0.05, 0) is 25.0 Å². The van der Waals surface area contributed by atoms with Gasteiger partial charge < -0.3 is 19.1 Å². The summed E-state index contributed by atoms with van der Waals surface area (Å²) < 4.78 is 41.0. The van der Waals surface area contributed by atoms with Crippen LogP contribution in [0.1, 0.15) is 12.8 Å². The normalized spacial score (nSPS) is 17.8. The topological polar surface area (TPSA) is 94.2 Å². The maximum Gasteiger partial charge on any atom is 0.260 e. The van der Waals surface area contributed by atoms with E-state index in [1.54, 1.807) is 23.1 Å². The molecule has 0 atom stereocenters. The molecule has 1 aromatic rings. The van der Waals surface area contributed by atoms with E-state index in [-0.39, 0.29) is 25.3 Å². The molecule has 0 saturated carbocycles. The number of nitrogens with zero attached hydrogens (tertiary/aromatic N) is 1. The number of likely N-dealkylation sites (tertiary alicyclic amines) is 1. The van der Waals surface area contributed by atoms with Crippen LogP contribution >= 0.6 is 0 Å². The van der Waals surface area contributed by atoms with Crippen molar-refractivity contribution >= 4 is 15.9 Å². The number of piperidine rings is 1. The van der Waals surface area contributed by atoms with E-state index in [1.165, 1.54) is 0 Å². The lowest BCUT2D eigenvalue weighted by molar-refractivity contribution is -0.134. The van der Waals surface area contributed by atoms with Crippen molar-refractivity contribution in [1.29, 1.82) is 0 Å². The minimum Gasteiger partial charge on any atom is -0.484 e. The predicted octanol–water partition coefficient (Wildman–Crippen LogP) is 0.334. The van der Waals surface area contributed by atoms with Crippen LogP contribution in [-0.2, 0) is 14.8 Å². The van der Waals surface area contributed by atoms with E-state index in [0.717, 1.165) is 6.26 Å². The van der Waals surface area contributed by atoms with Crippen molar-refractivity contribution in [2.45, 2.75) is 18.9 Å². The quantitative estimate of drug-likeness (QED) is 0.817. The van der Waals surface area contributed by atoms with Gasteiger partial charge in [-0.15, -0.1) is 0 Å². The summed E-state index contributed by atoms with van der Waals surface area (Å²) in [6.45, 7) is 1.14. The molecule has 8 nitrogen and oxygen atoms in total. The molecule has 132 valence electrons. The lowest BCUT2D eigenvalue weighted by atomic mass is 10.1. The van der Waals surface area contributed by atoms with Gasteiger partial charge in [-0.1, -0.05) is 0 Å². The molecule has 0 bridgehead atoms. The highest BCUT2D eigenvalue weighted by molar-refractivity contribution is 7.88. The van der Waals surface area contributed by atoms with Crippen LogP contribution < -0.4 is 18.9 Å². The van der Waals surface area contributed by atoms with Crippen molar-refractivity contribution in [3.63, 3.8) is 0 Å². The number of nitrogens with one attached hydrogen (secondary N) is 1. The Morgan fingerprint density at radius 1 is 1.29 bits per heavy atom. The number of rotatable bonds is 5. The Hall–Kier alpha value is -2.00. The van der Waals surface area contributed by atoms with Crippen LogP contribution in [0.3, 0.4) is 0 Å². The van der Waals surface area contributed by atoms with Crippen LogP contribution in [0.4, 0.5) is 0 Å². The van der Waals surface area contributed by atoms with Gasteiger partial charge in [-0.25, -0.2) is 13.1 Å². The van der Waals surface area contributed by atoms with Crippen molar-refractivity contribution in [2.75, 3.05) is 32.7 Å². The molecule has 24 heavy (non-hydrogen) atoms. The third-order valence-electron chi connectivity index (χ3n) is 3.93. The summed E-state index contributed by atoms with van der Waals surface area (Å²) in [4.78, 5) is 13.9. The fraction of sp³-hybridized carbons (Fsp3) is 0.533. The molecule has 9 heteroatoms. The van der Waals surface area contributed by atoms with Crippen LogP contribution in [0.2, 0.25) is 0 Å². The first-order valence-corrected chi connectivity index (χ1v) is 9.57. The highest BCUT2D eigenvalue weighted by Gasteiger charge is 2.25. The Labute approximate surface area is 140 Å². The number of carbonyl (C=O) groups excluding carboxylic acids is 1. The van der Waals surface area contributed by atoms with Crippen LogP contribution in [0.15, 0.2) is 18.2 Å². The summed E-state index contributed by atoms with van der Waals surface area (Å²) in [6.07, 6.45) is 2.34. The molecule has 0 spiro atoms. The molecule has 1 aromatic carbocycles. The second-order valence-corrected chi connectivity index (χ2v) is 7.63. The first kappa shape index (κ1) is 16.8. The monoisotopic (exact) mass is 356 g/mol. The van der Waals surface area contributed by atoms with Gasteiger partial charge in [0, 0.05) is 25.2 Å². The highest BCUT2D eigenvalue weighted by Crippen LogP contribution is 2.35. The number of benzene rings is 1. The average Bonchev–Trinajstić information content (AvgIpc) is 2.99. The molecule has 0 unspecified atom stereocenters. The molecule has 2 aliphatic rings. The zero-order chi connectivity index (χ0) is 17.2. The summed E-state index contributed by atoms with van der Waals surface area (Å²) in [5.41, 5.74) is 0. The van der Waals surface area contributed by atoms with Crippen molar-refractivity contribution in [1.82, 2.24) is 9.62 Å². The summed E-state index contributed by atoms with van der Waals surface area (Å²) >= 11 is 0. The predicted molar refractivity (Wildman–Crippen MR) is 85.6 cm³/mol. The Bertz CT molecular complexity index is 713. The number of hydrogen-bond acceptors (Lipinski definition) is 6. The van der Waals surface area contributed by atoms with Crippen molar-refractivity contribution < 1.29 is 27.4 Å². The van der Waals surface area contributed by atoms with Gasteiger partial charge in [-0.2, -0.15) is 0 Å². The number of fused-ring (bicyclic) bond motifs is 1. The first-order valence-electron chi connectivity index (χ1n) is 7.68. The summed E-state index contributed by atoms with van der Waals surface area (Å²) in [5, 5.41) is 0. The van der Waals surface area contributed by atoms with E-state index in [9.17, 15) is 13.2 Å². The molecule has 2 aliphatic heterocycles. The lowest BCUT2D eigenvalue weighted by Gasteiger charge is -2.31. The van der Waals surface area contributed by atoms with Gasteiger partial charge in [0.25, 0.3) is 5.91 Å². The Kier molecular flexibility index (Phi) is 4.81. The van der Waals surface area contributed by atoms with Gasteiger partial charge in [-0.3, -0.25) is 4.79 Å². The summed E-state index contributed by atoms with van der Waals surface area (Å²) in [6, 6.07) is 5.05. The standard InChI is InChI=1S/C15H20N2O6S/c1-24(19,20)16-11-4-6-17(7-5-11)15(18)9-21-12-2-3-13-14(8-12)23-10-22-13/h2-3,8,11,16H,4-7,9-10H2,1H3. The fourth-order valence-electron chi connectivity index (χ4n) is 2.75. The van der Waals surface area contributed by atoms with Gasteiger partial charge >= 0.3 is 0 Å². The van der Waals surface area contributed by atoms with Crippen LogP contribution in [0.25, 0.3) is 0 Å². The lowest BCUT2D eigenvalue weighted by Crippen LogP contribution is -2.47. The largest absolute Gasteiger partial charge is 0.484 e. The number of sulfonamides is 1. The number of ether oxygens (including phenoxy) is 3. The van der Waals surface area contributed by atoms with E-state index in [1.807, 2.05) is 0 Å². The third kappa shape index (κ3) is 4.30. The van der Waals surface area contributed by atoms with Crippen LogP contribution in [-0.4, -0.2) is 58.0 Å². The molecule has 1 saturated heterocycles. The van der Waals surface area contributed by atoms with Gasteiger partial charge in [0.05, 0.1) is 6.26 Å². The van der Waals surface area contributed by atoms with Crippen molar-refractivity contribution in [3.8, 4) is 17.2 Å². The molecule has 3 rings (SSSR count). The molecule has 0 aromatic heterocycles. The van der Waals surface area contributed by atoms with Crippen LogP contribution in [0, 0.1) is 0 Å². The van der Waals surface area contributed by atoms with Crippen molar-refractivity contribution in [3.05, 3.63) is 18.2 Å². The maximum absolute atomic E-state index is 12.2. The summed E-state index contributed by atoms with van der Waals surface area (Å²) in [7, 11) is -3.21. The Morgan fingerprint density at radius 2 is 2.00 bits per heavy atom. The number of carbonyl (C=O) groups is 1. The van der Waals surface area contributed by atoms with E-state index in [4.69, 9.17) is 14.2 Å². The van der Waals surface area contributed by atoms with E-state index >= 15 is 0 Å². The van der Waals surface area contributed by atoms with E-state index in [0.29, 0.717) is 43.2 Å². The first-order chi connectivity index (χ1) is 11.4. The van der Waals surface area contributed by atoms with Crippen LogP contribution in [0.5, 0.6) is 17.2 Å². The van der Waals surface area contributed by atoms with Gasteiger partial charge in [0.15, 0.2) is 18.1 Å². The van der Waals surface area contributed by atoms with E-state index in [2.05, 4.69) is 4.72 Å². The number of amides is 1. The maximum atomic E-state index is 12.2. The summed E-state index contributed by atoms with van der Waals surface area (Å²) in [5.74, 6) is 1.69. The zero-order valence-corrected chi connectivity index (χ0v) is 14.2. The molecule has 0 radical (unpaired) electrons. The van der Waals surface area contributed by atoms with Gasteiger partial charge in [0.1, 0.15) is 5.75 Å². The molecular formula is C15H20N2O6S. The molecule has 1 N–H and O–H groups in total. The molecule has 0 aliphatic carbocycles. The second kappa shape index (κ2) is 6.86. The smallest absolute Gasteiger partial charge is 0.260 e. The van der Waals surface area contributed by atoms with E-state index < -0.39 is 10.0 Å². The molecule has 2 heterocycles. The minimum atomic E-state index is -3.21. The highest BCUT2D eigenvalue weighted by atomic mass is 32.2. The SMILES string of the molecule is CS(=O)(=O)NC1CCN(C(=O)COc2ccc3c(c2)OCO3)CC1. The fourth-order valence-corrected chi connectivity index (χ4v) is 3.59.